The Morgan fingerprint density at radius 3 is 1.45 bits per heavy atom. The summed E-state index contributed by atoms with van der Waals surface area (Å²) < 4.78 is 0. The summed E-state index contributed by atoms with van der Waals surface area (Å²) in [5.74, 6) is 0. The summed E-state index contributed by atoms with van der Waals surface area (Å²) in [4.78, 5) is 0. The van der Waals surface area contributed by atoms with Gasteiger partial charge in [0.25, 0.3) is 0 Å². The predicted molar refractivity (Wildman–Crippen MR) is 133 cm³/mol. The molecule has 0 aliphatic rings. The Morgan fingerprint density at radius 2 is 0.903 bits per heavy atom. The molecule has 4 aromatic carbocycles. The molecule has 0 heteroatoms. The first-order valence-corrected chi connectivity index (χ1v) is 11.2. The van der Waals surface area contributed by atoms with E-state index in [-0.39, 0.29) is 0 Å². The normalized spacial score (nSPS) is 11.0. The second-order valence-electron chi connectivity index (χ2n) is 8.94. The summed E-state index contributed by atoms with van der Waals surface area (Å²) in [6.07, 6.45) is 2.98. The van der Waals surface area contributed by atoms with E-state index in [2.05, 4.69) is 113 Å². The molecule has 0 unspecified atom stereocenters. The van der Waals surface area contributed by atoms with Crippen molar-refractivity contribution in [2.75, 3.05) is 0 Å². The van der Waals surface area contributed by atoms with Crippen LogP contribution in [-0.2, 0) is 19.3 Å². The maximum atomic E-state index is 2.31. The lowest BCUT2D eigenvalue weighted by molar-refractivity contribution is 1.12. The molecule has 156 valence electrons. The summed E-state index contributed by atoms with van der Waals surface area (Å²) in [6, 6.07) is 31.6. The molecule has 0 spiro atoms. The molecular formula is C31H32. The topological polar surface area (TPSA) is 0 Å². The predicted octanol–water partition coefficient (Wildman–Crippen LogP) is 7.69. The molecule has 0 aliphatic carbocycles. The first-order valence-electron chi connectivity index (χ1n) is 11.2. The Kier molecular flexibility index (Phi) is 6.37. The molecule has 4 aromatic rings. The van der Waals surface area contributed by atoms with Crippen LogP contribution in [0.3, 0.4) is 0 Å². The lowest BCUT2D eigenvalue weighted by Crippen LogP contribution is -1.95. The molecule has 0 radical (unpaired) electrons. The highest BCUT2D eigenvalue weighted by Gasteiger charge is 2.04. The molecule has 0 saturated carbocycles. The highest BCUT2D eigenvalue weighted by atomic mass is 14.1. The van der Waals surface area contributed by atoms with E-state index < -0.39 is 0 Å². The molecule has 0 aromatic heterocycles. The van der Waals surface area contributed by atoms with Gasteiger partial charge in [-0.05, 0) is 103 Å². The largest absolute Gasteiger partial charge is 0.0617 e. The number of hydrogen-bond acceptors (Lipinski definition) is 0. The van der Waals surface area contributed by atoms with E-state index in [0.717, 1.165) is 19.3 Å². The Balaban J connectivity index is 1.39. The van der Waals surface area contributed by atoms with Crippen LogP contribution in [0.1, 0.15) is 55.6 Å². The minimum absolute atomic E-state index is 0.980. The van der Waals surface area contributed by atoms with Crippen LogP contribution in [0.2, 0.25) is 0 Å². The summed E-state index contributed by atoms with van der Waals surface area (Å²) in [5.41, 5.74) is 13.8. The van der Waals surface area contributed by atoms with Crippen LogP contribution in [0.4, 0.5) is 0 Å². The fraction of sp³-hybridized carbons (Fsp3) is 0.226. The third kappa shape index (κ3) is 5.33. The van der Waals surface area contributed by atoms with Crippen molar-refractivity contribution in [1.29, 1.82) is 0 Å². The molecular weight excluding hydrogens is 372 g/mol. The third-order valence-electron chi connectivity index (χ3n) is 6.55. The molecule has 0 saturated heterocycles. The van der Waals surface area contributed by atoms with Crippen molar-refractivity contribution < 1.29 is 0 Å². The minimum atomic E-state index is 0.980. The van der Waals surface area contributed by atoms with E-state index in [1.165, 1.54) is 55.6 Å². The van der Waals surface area contributed by atoms with Crippen molar-refractivity contribution in [3.8, 4) is 0 Å². The molecule has 4 rings (SSSR count). The minimum Gasteiger partial charge on any atom is -0.0617 e. The van der Waals surface area contributed by atoms with Gasteiger partial charge in [0.1, 0.15) is 0 Å². The smallest absolute Gasteiger partial charge is 0.00230 e. The van der Waals surface area contributed by atoms with E-state index in [4.69, 9.17) is 0 Å². The van der Waals surface area contributed by atoms with E-state index in [1.807, 2.05) is 0 Å². The van der Waals surface area contributed by atoms with Crippen molar-refractivity contribution in [3.05, 3.63) is 141 Å². The third-order valence-corrected chi connectivity index (χ3v) is 6.55. The van der Waals surface area contributed by atoms with Crippen LogP contribution in [-0.4, -0.2) is 0 Å². The van der Waals surface area contributed by atoms with E-state index in [0.29, 0.717) is 0 Å². The van der Waals surface area contributed by atoms with Gasteiger partial charge in [0.05, 0.1) is 0 Å². The molecule has 0 aliphatic heterocycles. The van der Waals surface area contributed by atoms with Gasteiger partial charge in [-0.15, -0.1) is 0 Å². The Morgan fingerprint density at radius 1 is 0.419 bits per heavy atom. The molecule has 0 amide bonds. The first-order chi connectivity index (χ1) is 15.0. The van der Waals surface area contributed by atoms with Gasteiger partial charge in [0.15, 0.2) is 0 Å². The molecule has 31 heavy (non-hydrogen) atoms. The van der Waals surface area contributed by atoms with Gasteiger partial charge >= 0.3 is 0 Å². The van der Waals surface area contributed by atoms with Crippen LogP contribution >= 0.6 is 0 Å². The van der Waals surface area contributed by atoms with Crippen LogP contribution < -0.4 is 0 Å². The van der Waals surface area contributed by atoms with Gasteiger partial charge in [-0.2, -0.15) is 0 Å². The zero-order valence-corrected chi connectivity index (χ0v) is 19.2. The highest BCUT2D eigenvalue weighted by Crippen LogP contribution is 2.19. The quantitative estimate of drug-likeness (QED) is 0.309. The van der Waals surface area contributed by atoms with Crippen LogP contribution in [0.5, 0.6) is 0 Å². The van der Waals surface area contributed by atoms with Crippen molar-refractivity contribution in [2.24, 2.45) is 0 Å². The van der Waals surface area contributed by atoms with Gasteiger partial charge in [0, 0.05) is 0 Å². The summed E-state index contributed by atoms with van der Waals surface area (Å²) >= 11 is 0. The zero-order chi connectivity index (χ0) is 21.8. The molecule has 0 bridgehead atoms. The van der Waals surface area contributed by atoms with Crippen LogP contribution in [0, 0.1) is 27.7 Å². The van der Waals surface area contributed by atoms with Crippen molar-refractivity contribution >= 4 is 0 Å². The maximum absolute atomic E-state index is 2.31. The average molecular weight is 405 g/mol. The lowest BCUT2D eigenvalue weighted by atomic mass is 9.95. The van der Waals surface area contributed by atoms with Gasteiger partial charge in [-0.25, -0.2) is 0 Å². The van der Waals surface area contributed by atoms with Crippen molar-refractivity contribution in [3.63, 3.8) is 0 Å². The molecule has 0 N–H and O–H groups in total. The van der Waals surface area contributed by atoms with Crippen molar-refractivity contribution in [1.82, 2.24) is 0 Å². The fourth-order valence-electron chi connectivity index (χ4n) is 4.16. The summed E-state index contributed by atoms with van der Waals surface area (Å²) in [5, 5.41) is 0. The van der Waals surface area contributed by atoms with Gasteiger partial charge < -0.3 is 0 Å². The van der Waals surface area contributed by atoms with Gasteiger partial charge in [-0.1, -0.05) is 84.9 Å². The molecule has 0 nitrogen and oxygen atoms in total. The molecule has 0 atom stereocenters. The summed E-state index contributed by atoms with van der Waals surface area (Å²) in [7, 11) is 0. The molecule has 0 heterocycles. The second-order valence-corrected chi connectivity index (χ2v) is 8.94. The Bertz CT molecular complexity index is 1160. The van der Waals surface area contributed by atoms with Gasteiger partial charge in [-0.3, -0.25) is 0 Å². The second kappa shape index (κ2) is 9.35. The summed E-state index contributed by atoms with van der Waals surface area (Å²) in [6.45, 7) is 8.77. The van der Waals surface area contributed by atoms with Crippen molar-refractivity contribution in [2.45, 2.75) is 47.0 Å². The SMILES string of the molecule is Cc1ccc(Cc2ccc(Cc3ccc(Cc4cccc(C)c4C)cc3)cc2)cc1C. The number of aryl methyl sites for hydroxylation is 3. The number of benzene rings is 4. The van der Waals surface area contributed by atoms with Crippen LogP contribution in [0.15, 0.2) is 84.9 Å². The number of hydrogen-bond donors (Lipinski definition) is 0. The van der Waals surface area contributed by atoms with E-state index >= 15 is 0 Å². The molecule has 0 fully saturated rings. The maximum Gasteiger partial charge on any atom is -0.00230 e. The lowest BCUT2D eigenvalue weighted by Gasteiger charge is -2.10. The van der Waals surface area contributed by atoms with Gasteiger partial charge in [0.2, 0.25) is 0 Å². The standard InChI is InChI=1S/C31H32/c1-22-8-9-30(18-24(22)3)20-28-12-10-26(11-13-28)19-27-14-16-29(17-15-27)21-31-7-5-6-23(2)25(31)4/h5-18H,19-21H2,1-4H3. The first kappa shape index (κ1) is 21.1. The monoisotopic (exact) mass is 404 g/mol. The average Bonchev–Trinajstić information content (AvgIpc) is 2.77. The Labute approximate surface area is 187 Å². The van der Waals surface area contributed by atoms with Crippen LogP contribution in [0.25, 0.3) is 0 Å². The van der Waals surface area contributed by atoms with E-state index in [9.17, 15) is 0 Å². The fourth-order valence-corrected chi connectivity index (χ4v) is 4.16. The van der Waals surface area contributed by atoms with E-state index in [1.54, 1.807) is 0 Å². The zero-order valence-electron chi connectivity index (χ0n) is 19.2. The Hall–Kier alpha value is -3.12. The number of rotatable bonds is 6. The highest BCUT2D eigenvalue weighted by molar-refractivity contribution is 5.39.